The quantitative estimate of drug-likeness (QED) is 0.864. The fourth-order valence-corrected chi connectivity index (χ4v) is 3.39. The van der Waals surface area contributed by atoms with E-state index < -0.39 is 11.6 Å². The third kappa shape index (κ3) is 2.94. The van der Waals surface area contributed by atoms with Crippen LogP contribution in [0.4, 0.5) is 5.69 Å². The van der Waals surface area contributed by atoms with E-state index in [0.717, 1.165) is 0 Å². The van der Waals surface area contributed by atoms with Gasteiger partial charge in [0.1, 0.15) is 11.6 Å². The first-order chi connectivity index (χ1) is 9.65. The predicted octanol–water partition coefficient (Wildman–Crippen LogP) is 3.37. The molecule has 4 nitrogen and oxygen atoms in total. The van der Waals surface area contributed by atoms with Crippen molar-refractivity contribution in [2.24, 2.45) is 5.92 Å². The van der Waals surface area contributed by atoms with E-state index in [1.807, 2.05) is 13.8 Å². The number of anilines is 1. The summed E-state index contributed by atoms with van der Waals surface area (Å²) >= 11 is 9.40. The minimum absolute atomic E-state index is 0.00683. The van der Waals surface area contributed by atoms with Crippen LogP contribution in [-0.4, -0.2) is 23.4 Å². The first-order valence-electron chi connectivity index (χ1n) is 6.76. The Morgan fingerprint density at radius 3 is 2.48 bits per heavy atom. The average molecular weight is 374 g/mol. The summed E-state index contributed by atoms with van der Waals surface area (Å²) in [4.78, 5) is 26.8. The van der Waals surface area contributed by atoms with Crippen molar-refractivity contribution in [3.63, 3.8) is 0 Å². The number of carbonyl (C=O) groups is 2. The molecule has 0 bridgehead atoms. The molecule has 0 saturated carbocycles. The van der Waals surface area contributed by atoms with Crippen molar-refractivity contribution in [1.82, 2.24) is 5.32 Å². The van der Waals surface area contributed by atoms with Crippen molar-refractivity contribution in [1.29, 1.82) is 0 Å². The van der Waals surface area contributed by atoms with Gasteiger partial charge in [0.2, 0.25) is 5.91 Å². The number of rotatable bonds is 2. The summed E-state index contributed by atoms with van der Waals surface area (Å²) in [6.07, 6.45) is 0. The summed E-state index contributed by atoms with van der Waals surface area (Å²) in [5.74, 6) is -0.284. The summed E-state index contributed by atoms with van der Waals surface area (Å²) in [5, 5.41) is 3.37. The Morgan fingerprint density at radius 2 is 1.95 bits per heavy atom. The zero-order valence-corrected chi connectivity index (χ0v) is 14.7. The van der Waals surface area contributed by atoms with E-state index >= 15 is 0 Å². The number of carbonyl (C=O) groups excluding carboxylic acids is 2. The Bertz CT molecular complexity index is 601. The van der Waals surface area contributed by atoms with Gasteiger partial charge in [-0.15, -0.1) is 0 Å². The van der Waals surface area contributed by atoms with E-state index in [-0.39, 0.29) is 17.7 Å². The Balaban J connectivity index is 2.58. The van der Waals surface area contributed by atoms with Crippen molar-refractivity contribution in [3.8, 4) is 0 Å². The topological polar surface area (TPSA) is 49.4 Å². The highest BCUT2D eigenvalue weighted by atomic mass is 79.9. The van der Waals surface area contributed by atoms with Crippen LogP contribution < -0.4 is 10.2 Å². The van der Waals surface area contributed by atoms with Gasteiger partial charge < -0.3 is 5.32 Å². The van der Waals surface area contributed by atoms with Crippen LogP contribution in [0.3, 0.4) is 0 Å². The van der Waals surface area contributed by atoms with Crippen LogP contribution in [0.2, 0.25) is 5.02 Å². The molecule has 0 spiro atoms. The number of benzene rings is 1. The lowest BCUT2D eigenvalue weighted by Gasteiger charge is -2.44. The summed E-state index contributed by atoms with van der Waals surface area (Å²) in [7, 11) is 0. The highest BCUT2D eigenvalue weighted by molar-refractivity contribution is 9.10. The van der Waals surface area contributed by atoms with Gasteiger partial charge in [-0.2, -0.15) is 0 Å². The van der Waals surface area contributed by atoms with Crippen molar-refractivity contribution < 1.29 is 9.59 Å². The molecule has 1 unspecified atom stereocenters. The van der Waals surface area contributed by atoms with Crippen molar-refractivity contribution in [2.45, 2.75) is 39.3 Å². The van der Waals surface area contributed by atoms with Gasteiger partial charge in [-0.25, -0.2) is 0 Å². The van der Waals surface area contributed by atoms with Gasteiger partial charge in [-0.1, -0.05) is 25.4 Å². The van der Waals surface area contributed by atoms with Crippen molar-refractivity contribution in [3.05, 3.63) is 27.7 Å². The minimum atomic E-state index is -0.929. The molecule has 2 rings (SSSR count). The molecule has 1 heterocycles. The van der Waals surface area contributed by atoms with Crippen LogP contribution in [0.15, 0.2) is 22.7 Å². The lowest BCUT2D eigenvalue weighted by Crippen LogP contribution is -2.69. The van der Waals surface area contributed by atoms with E-state index in [4.69, 9.17) is 11.6 Å². The Kier molecular flexibility index (Phi) is 4.36. The number of hydrogen-bond acceptors (Lipinski definition) is 2. The van der Waals surface area contributed by atoms with Crippen LogP contribution in [0.1, 0.15) is 27.7 Å². The Hall–Kier alpha value is -1.07. The number of amides is 2. The summed E-state index contributed by atoms with van der Waals surface area (Å²) in [5.41, 5.74) is -0.271. The molecule has 1 fully saturated rings. The maximum Gasteiger partial charge on any atom is 0.252 e. The van der Waals surface area contributed by atoms with Crippen molar-refractivity contribution in [2.75, 3.05) is 4.90 Å². The van der Waals surface area contributed by atoms with Crippen LogP contribution >= 0.6 is 27.5 Å². The second kappa shape index (κ2) is 5.61. The van der Waals surface area contributed by atoms with Crippen LogP contribution in [-0.2, 0) is 9.59 Å². The summed E-state index contributed by atoms with van der Waals surface area (Å²) in [6, 6.07) is 4.66. The monoisotopic (exact) mass is 372 g/mol. The largest absolute Gasteiger partial charge is 0.340 e. The molecule has 0 aromatic heterocycles. The first kappa shape index (κ1) is 16.3. The number of nitrogens with zero attached hydrogens (tertiary/aromatic N) is 1. The fourth-order valence-electron chi connectivity index (χ4n) is 2.52. The molecule has 1 N–H and O–H groups in total. The highest BCUT2D eigenvalue weighted by Crippen LogP contribution is 2.35. The second-order valence-electron chi connectivity index (χ2n) is 6.07. The molecular formula is C15H18BrClN2O2. The summed E-state index contributed by atoms with van der Waals surface area (Å²) < 4.78 is 0.694. The SMILES string of the molecule is CC(C)C1C(=O)NC(C)(C)C(=O)N1c1ccc(Cl)cc1Br. The van der Waals surface area contributed by atoms with E-state index in [9.17, 15) is 9.59 Å². The standard InChI is InChI=1S/C15H18BrClN2O2/c1-8(2)12-13(20)18-15(3,4)14(21)19(12)11-6-5-9(17)7-10(11)16/h5-8,12H,1-4H3,(H,18,20). The molecule has 114 valence electrons. The summed E-state index contributed by atoms with van der Waals surface area (Å²) in [6.45, 7) is 7.26. The molecule has 0 radical (unpaired) electrons. The van der Waals surface area contributed by atoms with Gasteiger partial charge in [0.05, 0.1) is 5.69 Å². The maximum atomic E-state index is 12.8. The van der Waals surface area contributed by atoms with E-state index in [1.165, 1.54) is 0 Å². The fraction of sp³-hybridized carbons (Fsp3) is 0.467. The van der Waals surface area contributed by atoms with Crippen LogP contribution in [0.5, 0.6) is 0 Å². The van der Waals surface area contributed by atoms with Crippen LogP contribution in [0.25, 0.3) is 0 Å². The maximum absolute atomic E-state index is 12.8. The molecule has 21 heavy (non-hydrogen) atoms. The van der Waals surface area contributed by atoms with Gasteiger partial charge in [0.15, 0.2) is 0 Å². The van der Waals surface area contributed by atoms with E-state index in [2.05, 4.69) is 21.2 Å². The Morgan fingerprint density at radius 1 is 1.33 bits per heavy atom. The number of halogens is 2. The first-order valence-corrected chi connectivity index (χ1v) is 7.93. The molecule has 1 saturated heterocycles. The molecule has 1 aromatic carbocycles. The number of nitrogens with one attached hydrogen (secondary N) is 1. The number of piperazine rings is 1. The lowest BCUT2D eigenvalue weighted by atomic mass is 9.91. The molecule has 1 aliphatic rings. The van der Waals surface area contributed by atoms with Gasteiger partial charge in [-0.05, 0) is 53.9 Å². The third-order valence-corrected chi connectivity index (χ3v) is 4.41. The third-order valence-electron chi connectivity index (χ3n) is 3.54. The van der Waals surface area contributed by atoms with Crippen LogP contribution in [0, 0.1) is 5.92 Å². The smallest absolute Gasteiger partial charge is 0.252 e. The van der Waals surface area contributed by atoms with Gasteiger partial charge in [0, 0.05) is 9.50 Å². The average Bonchev–Trinajstić information content (AvgIpc) is 2.33. The molecule has 1 atom stereocenters. The van der Waals surface area contributed by atoms with E-state index in [0.29, 0.717) is 15.2 Å². The highest BCUT2D eigenvalue weighted by Gasteiger charge is 2.47. The number of hydrogen-bond donors (Lipinski definition) is 1. The van der Waals surface area contributed by atoms with Gasteiger partial charge >= 0.3 is 0 Å². The Labute approximate surface area is 138 Å². The second-order valence-corrected chi connectivity index (χ2v) is 7.36. The molecule has 1 aliphatic heterocycles. The molecule has 0 aliphatic carbocycles. The van der Waals surface area contributed by atoms with E-state index in [1.54, 1.807) is 36.9 Å². The van der Waals surface area contributed by atoms with Crippen molar-refractivity contribution >= 4 is 45.0 Å². The molecule has 6 heteroatoms. The lowest BCUT2D eigenvalue weighted by molar-refractivity contribution is -0.138. The molecular weight excluding hydrogens is 356 g/mol. The van der Waals surface area contributed by atoms with Gasteiger partial charge in [0.25, 0.3) is 5.91 Å². The molecule has 1 aromatic rings. The molecule has 2 amide bonds. The minimum Gasteiger partial charge on any atom is -0.340 e. The zero-order valence-electron chi connectivity index (χ0n) is 12.4. The zero-order chi connectivity index (χ0) is 15.9. The predicted molar refractivity (Wildman–Crippen MR) is 87.5 cm³/mol. The van der Waals surface area contributed by atoms with Gasteiger partial charge in [-0.3, -0.25) is 14.5 Å². The normalized spacial score (nSPS) is 21.7.